The largest absolute Gasteiger partial charge is 0.507 e. The van der Waals surface area contributed by atoms with Gasteiger partial charge in [-0.05, 0) is 50.2 Å². The monoisotopic (exact) mass is 416 g/mol. The van der Waals surface area contributed by atoms with Crippen LogP contribution in [0, 0.1) is 22.7 Å². The van der Waals surface area contributed by atoms with Gasteiger partial charge < -0.3 is 9.84 Å². The van der Waals surface area contributed by atoms with E-state index in [-0.39, 0.29) is 23.0 Å². The number of hydrogen-bond acceptors (Lipinski definition) is 4. The molecule has 154 valence electrons. The molecule has 0 saturated heterocycles. The van der Waals surface area contributed by atoms with Gasteiger partial charge in [0.25, 0.3) is 0 Å². The third-order valence-electron chi connectivity index (χ3n) is 3.21. The lowest BCUT2D eigenvalue weighted by Crippen LogP contribution is -2.13. The number of aromatic hydroxyl groups is 1. The van der Waals surface area contributed by atoms with Crippen LogP contribution < -0.4 is 4.74 Å². The first-order valence-corrected chi connectivity index (χ1v) is 7.88. The third kappa shape index (κ3) is 6.92. The number of nitrogens with zero attached hydrogens (tertiary/aromatic N) is 2. The minimum Gasteiger partial charge on any atom is -0.507 e. The van der Waals surface area contributed by atoms with E-state index in [1.54, 1.807) is 26.0 Å². The van der Waals surface area contributed by atoms with Crippen molar-refractivity contribution in [2.45, 2.75) is 32.3 Å². The summed E-state index contributed by atoms with van der Waals surface area (Å²) in [6.45, 7) is 3.27. The Kier molecular flexibility index (Phi) is 7.50. The quantitative estimate of drug-likeness (QED) is 0.642. The van der Waals surface area contributed by atoms with E-state index in [4.69, 9.17) is 20.4 Å². The standard InChI is InChI=1S/C11H10F3NO.C8H4F3NO/c1-7(2)16-10-4-3-8(6-15)5-9(10)11(12,13)14;9-8(10,11)6-3-5(4-12)1-2-7(6)13/h3-5,7H,1-2H3;1-3,13H. The van der Waals surface area contributed by atoms with E-state index in [0.29, 0.717) is 6.07 Å². The van der Waals surface area contributed by atoms with Gasteiger partial charge in [0.2, 0.25) is 0 Å². The summed E-state index contributed by atoms with van der Waals surface area (Å²) >= 11 is 0. The lowest BCUT2D eigenvalue weighted by atomic mass is 10.1. The van der Waals surface area contributed by atoms with Crippen molar-refractivity contribution < 1.29 is 36.2 Å². The van der Waals surface area contributed by atoms with Crippen molar-refractivity contribution in [2.24, 2.45) is 0 Å². The zero-order valence-electron chi connectivity index (χ0n) is 15.1. The van der Waals surface area contributed by atoms with Gasteiger partial charge in [0.05, 0.1) is 40.5 Å². The first kappa shape index (κ1) is 23.6. The SMILES string of the molecule is CC(C)Oc1ccc(C#N)cc1C(F)(F)F.N#Cc1ccc(O)c(C(F)(F)F)c1. The highest BCUT2D eigenvalue weighted by atomic mass is 19.4. The molecule has 0 aromatic heterocycles. The predicted molar refractivity (Wildman–Crippen MR) is 89.7 cm³/mol. The van der Waals surface area contributed by atoms with Crippen molar-refractivity contribution in [1.29, 1.82) is 10.5 Å². The maximum absolute atomic E-state index is 12.6. The van der Waals surface area contributed by atoms with Crippen molar-refractivity contribution in [1.82, 2.24) is 0 Å². The molecular weight excluding hydrogens is 402 g/mol. The molecule has 0 aliphatic rings. The molecule has 0 atom stereocenters. The summed E-state index contributed by atoms with van der Waals surface area (Å²) in [5.41, 5.74) is -2.28. The number of nitriles is 2. The Morgan fingerprint density at radius 3 is 1.69 bits per heavy atom. The summed E-state index contributed by atoms with van der Waals surface area (Å²) in [6.07, 6.45) is -9.50. The summed E-state index contributed by atoms with van der Waals surface area (Å²) in [5.74, 6) is -1.12. The van der Waals surface area contributed by atoms with Crippen molar-refractivity contribution in [3.63, 3.8) is 0 Å². The Morgan fingerprint density at radius 2 is 1.28 bits per heavy atom. The highest BCUT2D eigenvalue weighted by Gasteiger charge is 2.35. The molecule has 0 spiro atoms. The van der Waals surface area contributed by atoms with Crippen LogP contribution in [-0.2, 0) is 12.4 Å². The van der Waals surface area contributed by atoms with Crippen molar-refractivity contribution in [3.05, 3.63) is 58.7 Å². The van der Waals surface area contributed by atoms with Crippen LogP contribution in [0.5, 0.6) is 11.5 Å². The molecule has 0 aliphatic carbocycles. The Morgan fingerprint density at radius 1 is 0.828 bits per heavy atom. The second-order valence-electron chi connectivity index (χ2n) is 5.83. The molecule has 0 aliphatic heterocycles. The van der Waals surface area contributed by atoms with E-state index >= 15 is 0 Å². The average molecular weight is 416 g/mol. The highest BCUT2D eigenvalue weighted by Crippen LogP contribution is 2.37. The summed E-state index contributed by atoms with van der Waals surface area (Å²) < 4.78 is 79.2. The molecule has 0 fully saturated rings. The molecule has 1 N–H and O–H groups in total. The molecule has 0 bridgehead atoms. The van der Waals surface area contributed by atoms with Gasteiger partial charge in [-0.2, -0.15) is 36.9 Å². The summed E-state index contributed by atoms with van der Waals surface area (Å²) in [4.78, 5) is 0. The minimum atomic E-state index is -4.63. The molecule has 2 rings (SSSR count). The fourth-order valence-electron chi connectivity index (χ4n) is 2.01. The smallest absolute Gasteiger partial charge is 0.420 e. The molecule has 0 unspecified atom stereocenters. The fourth-order valence-corrected chi connectivity index (χ4v) is 2.01. The zero-order chi connectivity index (χ0) is 22.4. The van der Waals surface area contributed by atoms with Gasteiger partial charge in [0.15, 0.2) is 0 Å². The van der Waals surface area contributed by atoms with Crippen LogP contribution in [0.1, 0.15) is 36.1 Å². The molecule has 10 heteroatoms. The van der Waals surface area contributed by atoms with Crippen molar-refractivity contribution in [2.75, 3.05) is 0 Å². The Bertz CT molecular complexity index is 938. The zero-order valence-corrected chi connectivity index (χ0v) is 15.1. The molecule has 4 nitrogen and oxygen atoms in total. The fraction of sp³-hybridized carbons (Fsp3) is 0.263. The number of benzene rings is 2. The van der Waals surface area contributed by atoms with Gasteiger partial charge in [0.1, 0.15) is 11.5 Å². The summed E-state index contributed by atoms with van der Waals surface area (Å²) in [5, 5.41) is 25.7. The second-order valence-corrected chi connectivity index (χ2v) is 5.83. The van der Waals surface area contributed by atoms with Crippen LogP contribution >= 0.6 is 0 Å². The van der Waals surface area contributed by atoms with E-state index in [2.05, 4.69) is 0 Å². The van der Waals surface area contributed by atoms with E-state index in [9.17, 15) is 26.3 Å². The lowest BCUT2D eigenvalue weighted by molar-refractivity contribution is -0.139. The van der Waals surface area contributed by atoms with Crippen molar-refractivity contribution in [3.8, 4) is 23.6 Å². The molecule has 29 heavy (non-hydrogen) atoms. The minimum absolute atomic E-state index is 0.0385. The number of alkyl halides is 6. The van der Waals surface area contributed by atoms with E-state index in [0.717, 1.165) is 18.2 Å². The number of rotatable bonds is 2. The maximum Gasteiger partial charge on any atom is 0.420 e. The van der Waals surface area contributed by atoms with Gasteiger partial charge in [-0.3, -0.25) is 0 Å². The lowest BCUT2D eigenvalue weighted by Gasteiger charge is -2.16. The van der Waals surface area contributed by atoms with E-state index < -0.39 is 29.2 Å². The Labute approximate surface area is 162 Å². The first-order chi connectivity index (χ1) is 13.3. The Hall–Kier alpha value is -3.40. The van der Waals surface area contributed by atoms with E-state index in [1.807, 2.05) is 0 Å². The average Bonchev–Trinajstić information content (AvgIpc) is 2.60. The topological polar surface area (TPSA) is 77.0 Å². The normalized spacial score (nSPS) is 11.1. The summed E-state index contributed by atoms with van der Waals surface area (Å²) in [7, 11) is 0. The van der Waals surface area contributed by atoms with Gasteiger partial charge in [-0.1, -0.05) is 0 Å². The molecule has 2 aromatic carbocycles. The highest BCUT2D eigenvalue weighted by molar-refractivity contribution is 5.44. The van der Waals surface area contributed by atoms with Gasteiger partial charge in [-0.15, -0.1) is 0 Å². The van der Waals surface area contributed by atoms with Gasteiger partial charge in [0, 0.05) is 0 Å². The van der Waals surface area contributed by atoms with Crippen LogP contribution in [0.15, 0.2) is 36.4 Å². The third-order valence-corrected chi connectivity index (χ3v) is 3.21. The van der Waals surface area contributed by atoms with Gasteiger partial charge >= 0.3 is 12.4 Å². The molecule has 2 aromatic rings. The van der Waals surface area contributed by atoms with E-state index in [1.165, 1.54) is 12.1 Å². The molecule has 0 saturated carbocycles. The van der Waals surface area contributed by atoms with Crippen LogP contribution in [-0.4, -0.2) is 11.2 Å². The number of hydrogen-bond donors (Lipinski definition) is 1. The predicted octanol–water partition coefficient (Wildman–Crippen LogP) is 5.65. The summed E-state index contributed by atoms with van der Waals surface area (Å²) in [6, 6.07) is 9.05. The molecule has 0 radical (unpaired) electrons. The van der Waals surface area contributed by atoms with Crippen molar-refractivity contribution >= 4 is 0 Å². The van der Waals surface area contributed by atoms with Crippen LogP contribution in [0.3, 0.4) is 0 Å². The Balaban J connectivity index is 0.000000296. The van der Waals surface area contributed by atoms with Crippen LogP contribution in [0.2, 0.25) is 0 Å². The molecule has 0 amide bonds. The number of ether oxygens (including phenoxy) is 1. The van der Waals surface area contributed by atoms with Crippen LogP contribution in [0.25, 0.3) is 0 Å². The van der Waals surface area contributed by atoms with Gasteiger partial charge in [-0.25, -0.2) is 0 Å². The number of phenolic OH excluding ortho intramolecular Hbond substituents is 1. The molecule has 0 heterocycles. The number of halogens is 6. The second kappa shape index (κ2) is 9.20. The molecular formula is C19H14F6N2O2. The van der Waals surface area contributed by atoms with Crippen LogP contribution in [0.4, 0.5) is 26.3 Å². The number of phenols is 1. The first-order valence-electron chi connectivity index (χ1n) is 7.88. The maximum atomic E-state index is 12.6.